The molecule has 0 aliphatic rings. The number of nitrogens with one attached hydrogen (secondary N) is 3. The number of hydrogen-bond donors (Lipinski definition) is 5. The summed E-state index contributed by atoms with van der Waals surface area (Å²) in [4.78, 5) is 32.2. The van der Waals surface area contributed by atoms with Crippen LogP contribution in [0.25, 0.3) is 0 Å². The third-order valence-electron chi connectivity index (χ3n) is 5.43. The Morgan fingerprint density at radius 2 is 1.59 bits per heavy atom. The average Bonchev–Trinajstić information content (AvgIpc) is 2.92. The third-order valence-corrected chi connectivity index (χ3v) is 7.24. The van der Waals surface area contributed by atoms with Crippen LogP contribution in [0.2, 0.25) is 5.28 Å². The summed E-state index contributed by atoms with van der Waals surface area (Å²) in [7, 11) is -4.99. The molecule has 0 amide bonds. The number of halogens is 2. The summed E-state index contributed by atoms with van der Waals surface area (Å²) in [5, 5.41) is 42.2. The van der Waals surface area contributed by atoms with Gasteiger partial charge in [0.25, 0.3) is 10.1 Å². The lowest BCUT2D eigenvalue weighted by Crippen LogP contribution is -2.08. The lowest BCUT2D eigenvalue weighted by Gasteiger charge is -2.14. The second-order valence-corrected chi connectivity index (χ2v) is 10.8. The van der Waals surface area contributed by atoms with Crippen molar-refractivity contribution in [2.45, 2.75) is 16.7 Å². The predicted octanol–water partition coefficient (Wildman–Crippen LogP) is 5.69. The fourth-order valence-corrected chi connectivity index (χ4v) is 4.93. The number of nitro benzene ring substituents is 2. The summed E-state index contributed by atoms with van der Waals surface area (Å²) in [5.41, 5.74) is -2.19. The topological polar surface area (TPSA) is 254 Å². The minimum atomic E-state index is -4.99. The Balaban J connectivity index is 1.66. The Morgan fingerprint density at radius 3 is 2.23 bits per heavy atom. The van der Waals surface area contributed by atoms with Gasteiger partial charge in [-0.3, -0.25) is 24.8 Å². The number of rotatable bonds is 12. The largest absolute Gasteiger partial charge is 0.369 e. The molecule has 1 heterocycles. The molecule has 0 saturated carbocycles. The van der Waals surface area contributed by atoms with Crippen LogP contribution in [0.15, 0.2) is 58.3 Å². The van der Waals surface area contributed by atoms with Gasteiger partial charge in [-0.15, -0.1) is 4.33 Å². The summed E-state index contributed by atoms with van der Waals surface area (Å²) in [6.07, 6.45) is 0. The van der Waals surface area contributed by atoms with Crippen molar-refractivity contribution in [1.29, 1.82) is 0 Å². The Kier molecular flexibility index (Phi) is 9.68. The molecule has 5 N–H and O–H groups in total. The van der Waals surface area contributed by atoms with E-state index in [1.807, 2.05) is 0 Å². The lowest BCUT2D eigenvalue weighted by molar-refractivity contribution is -0.432. The fraction of sp³-hybridized carbons (Fsp3) is 0.0455. The van der Waals surface area contributed by atoms with Gasteiger partial charge in [0, 0.05) is 22.3 Å². The van der Waals surface area contributed by atoms with E-state index in [1.165, 1.54) is 6.07 Å². The Morgan fingerprint density at radius 1 is 0.932 bits per heavy atom. The molecule has 0 fully saturated rings. The van der Waals surface area contributed by atoms with Crippen LogP contribution in [0.3, 0.4) is 0 Å². The minimum absolute atomic E-state index is 0.0988. The van der Waals surface area contributed by atoms with E-state index in [1.54, 1.807) is 25.1 Å². The normalized spacial score (nSPS) is 11.2. The zero-order valence-electron chi connectivity index (χ0n) is 21.6. The van der Waals surface area contributed by atoms with Crippen LogP contribution >= 0.6 is 23.6 Å². The predicted molar refractivity (Wildman–Crippen MR) is 152 cm³/mol. The highest BCUT2D eigenvalue weighted by atomic mass is 35.5. The van der Waals surface area contributed by atoms with Crippen molar-refractivity contribution in [3.8, 4) is 0 Å². The first kappa shape index (κ1) is 32.2. The highest BCUT2D eigenvalue weighted by molar-refractivity contribution is 7.94. The maximum Gasteiger partial charge on any atom is 0.369 e. The minimum Gasteiger partial charge on any atom is -0.350 e. The van der Waals surface area contributed by atoms with Crippen molar-refractivity contribution in [1.82, 2.24) is 15.0 Å². The van der Waals surface area contributed by atoms with Crippen molar-refractivity contribution in [3.63, 3.8) is 0 Å². The van der Waals surface area contributed by atoms with E-state index >= 15 is 0 Å². The molecule has 1 aromatic heterocycles. The van der Waals surface area contributed by atoms with Crippen LogP contribution in [0.5, 0.6) is 0 Å². The Labute approximate surface area is 254 Å². The van der Waals surface area contributed by atoms with Crippen molar-refractivity contribution in [3.05, 3.63) is 85.4 Å². The molecular formula is C22H16ClFN8O10S2. The van der Waals surface area contributed by atoms with E-state index in [9.17, 15) is 37.6 Å². The average molecular weight is 671 g/mol. The monoisotopic (exact) mass is 670 g/mol. The van der Waals surface area contributed by atoms with Gasteiger partial charge in [-0.05, 0) is 54.4 Å². The van der Waals surface area contributed by atoms with Crippen molar-refractivity contribution in [2.24, 2.45) is 0 Å². The second kappa shape index (κ2) is 13.3. The molecule has 0 aliphatic carbocycles. The maximum absolute atomic E-state index is 14.0. The molecule has 4 rings (SSSR count). The molecule has 0 saturated heterocycles. The van der Waals surface area contributed by atoms with Crippen molar-refractivity contribution < 1.29 is 41.8 Å². The molecule has 230 valence electrons. The van der Waals surface area contributed by atoms with Crippen LogP contribution in [0, 0.1) is 33.0 Å². The maximum atomic E-state index is 14.0. The molecule has 0 bridgehead atoms. The highest BCUT2D eigenvalue weighted by Gasteiger charge is 2.30. The first-order chi connectivity index (χ1) is 20.7. The van der Waals surface area contributed by atoms with E-state index in [2.05, 4.69) is 40.3 Å². The van der Waals surface area contributed by atoms with E-state index in [4.69, 9.17) is 16.9 Å². The number of anilines is 6. The van der Waals surface area contributed by atoms with Gasteiger partial charge in [0.05, 0.1) is 33.6 Å². The number of benzene rings is 3. The molecule has 0 radical (unpaired) electrons. The van der Waals surface area contributed by atoms with Gasteiger partial charge in [-0.25, -0.2) is 9.65 Å². The van der Waals surface area contributed by atoms with Gasteiger partial charge in [0.1, 0.15) is 16.4 Å². The van der Waals surface area contributed by atoms with E-state index in [-0.39, 0.29) is 28.6 Å². The number of aryl methyl sites for hydroxylation is 1. The zero-order chi connectivity index (χ0) is 32.2. The summed E-state index contributed by atoms with van der Waals surface area (Å²) in [6.45, 7) is 1.77. The Hall–Kier alpha value is -4.77. The van der Waals surface area contributed by atoms with Gasteiger partial charge in [0.15, 0.2) is 0 Å². The SMILES string of the molecule is Cc1ccc(Nc2nc(Cl)nc(Nc3ccc(Nc4cc(F)cc([N+](=O)[O-])c4[N+](=O)[O-])cc3S(=O)(=O)O)n2)cc1SOOO. The Bertz CT molecular complexity index is 1890. The second-order valence-electron chi connectivity index (χ2n) is 8.35. The summed E-state index contributed by atoms with van der Waals surface area (Å²) >= 11 is 6.74. The molecule has 18 nitrogen and oxygen atoms in total. The number of nitro groups is 2. The first-order valence-corrected chi connectivity index (χ1v) is 14.0. The van der Waals surface area contributed by atoms with E-state index in [0.717, 1.165) is 29.7 Å². The summed E-state index contributed by atoms with van der Waals surface area (Å²) in [6, 6.07) is 9.02. The molecule has 3 aromatic carbocycles. The van der Waals surface area contributed by atoms with Crippen LogP contribution in [-0.4, -0.2) is 43.0 Å². The zero-order valence-corrected chi connectivity index (χ0v) is 24.0. The summed E-state index contributed by atoms with van der Waals surface area (Å²) < 4.78 is 52.8. The fourth-order valence-electron chi connectivity index (χ4n) is 3.61. The quantitative estimate of drug-likeness (QED) is 0.0398. The van der Waals surface area contributed by atoms with Crippen LogP contribution < -0.4 is 16.0 Å². The molecule has 0 atom stereocenters. The van der Waals surface area contributed by atoms with Crippen molar-refractivity contribution in [2.75, 3.05) is 16.0 Å². The van der Waals surface area contributed by atoms with Gasteiger partial charge in [0.2, 0.25) is 17.2 Å². The van der Waals surface area contributed by atoms with Gasteiger partial charge in [-0.2, -0.15) is 23.4 Å². The van der Waals surface area contributed by atoms with E-state index < -0.39 is 47.7 Å². The number of hydrogen-bond acceptors (Lipinski definition) is 16. The molecule has 0 unspecified atom stereocenters. The van der Waals surface area contributed by atoms with Crippen LogP contribution in [-0.2, 0) is 19.5 Å². The molecule has 0 aliphatic heterocycles. The van der Waals surface area contributed by atoms with Crippen LogP contribution in [0.4, 0.5) is 50.4 Å². The smallest absolute Gasteiger partial charge is 0.350 e. The van der Waals surface area contributed by atoms with E-state index in [0.29, 0.717) is 22.7 Å². The lowest BCUT2D eigenvalue weighted by atomic mass is 10.2. The molecule has 22 heteroatoms. The van der Waals surface area contributed by atoms with Gasteiger partial charge < -0.3 is 16.0 Å². The van der Waals surface area contributed by atoms with Crippen LogP contribution in [0.1, 0.15) is 5.56 Å². The van der Waals surface area contributed by atoms with Gasteiger partial charge in [-0.1, -0.05) is 11.1 Å². The first-order valence-electron chi connectivity index (χ1n) is 11.5. The summed E-state index contributed by atoms with van der Waals surface area (Å²) in [5.74, 6) is -1.56. The van der Waals surface area contributed by atoms with Crippen molar-refractivity contribution >= 4 is 79.8 Å². The van der Waals surface area contributed by atoms with Gasteiger partial charge >= 0.3 is 11.4 Å². The molecule has 4 aromatic rings. The standard InChI is InChI=1S/C22H16ClFN8O10S2/c1-10-2-3-12(8-17(10)43-42-41-37)26-21-28-20(23)29-22(30-21)27-14-5-4-13(9-18(14)44(38,39)40)25-15-6-11(24)7-16(31(33)34)19(15)32(35)36/h2-9,25,37H,1H3,(H,38,39,40)(H2,26,27,28,29,30). The third kappa shape index (κ3) is 7.78. The number of aromatic nitrogens is 3. The molecular weight excluding hydrogens is 655 g/mol. The highest BCUT2D eigenvalue weighted by Crippen LogP contribution is 2.38. The number of nitrogens with zero attached hydrogens (tertiary/aromatic N) is 5. The molecule has 44 heavy (non-hydrogen) atoms. The molecule has 0 spiro atoms.